The van der Waals surface area contributed by atoms with Gasteiger partial charge in [-0.3, -0.25) is 19.4 Å². The summed E-state index contributed by atoms with van der Waals surface area (Å²) in [6, 6.07) is 2.16. The second-order valence-electron chi connectivity index (χ2n) is 5.97. The molecule has 0 radical (unpaired) electrons. The van der Waals surface area contributed by atoms with Crippen molar-refractivity contribution in [2.45, 2.75) is 33.1 Å². The van der Waals surface area contributed by atoms with Crippen LogP contribution in [0.3, 0.4) is 0 Å². The number of rotatable bonds is 3. The Labute approximate surface area is 142 Å². The number of nitrogens with zero attached hydrogens (tertiary/aromatic N) is 1. The Morgan fingerprint density at radius 2 is 2.00 bits per heavy atom. The maximum Gasteiger partial charge on any atom is 0.319 e. The molecule has 0 aromatic carbocycles. The van der Waals surface area contributed by atoms with E-state index >= 15 is 0 Å². The van der Waals surface area contributed by atoms with Crippen LogP contribution >= 0.6 is 0 Å². The molecule has 1 aliphatic carbocycles. The quantitative estimate of drug-likeness (QED) is 0.295. The number of carbonyl (C=O) groups excluding carboxylic acids is 3. The van der Waals surface area contributed by atoms with Crippen LogP contribution in [0.2, 0.25) is 0 Å². The molecule has 1 aliphatic rings. The average molecular weight is 353 g/mol. The lowest BCUT2D eigenvalue weighted by Crippen LogP contribution is -2.44. The lowest BCUT2D eigenvalue weighted by molar-refractivity contribution is -0.157. The maximum absolute atomic E-state index is 12.7. The van der Waals surface area contributed by atoms with E-state index in [0.717, 1.165) is 19.2 Å². The predicted molar refractivity (Wildman–Crippen MR) is 82.9 cm³/mol. The Morgan fingerprint density at radius 1 is 1.36 bits per heavy atom. The van der Waals surface area contributed by atoms with Crippen LogP contribution in [0.1, 0.15) is 43.1 Å². The van der Waals surface area contributed by atoms with Gasteiger partial charge in [-0.2, -0.15) is 0 Å². The van der Waals surface area contributed by atoms with Gasteiger partial charge in [0.25, 0.3) is 6.43 Å². The highest BCUT2D eigenvalue weighted by Gasteiger charge is 2.49. The third kappa shape index (κ3) is 3.16. The number of halogens is 2. The lowest BCUT2D eigenvalue weighted by Gasteiger charge is -2.30. The van der Waals surface area contributed by atoms with Gasteiger partial charge in [-0.05, 0) is 32.4 Å². The zero-order valence-corrected chi connectivity index (χ0v) is 13.9. The summed E-state index contributed by atoms with van der Waals surface area (Å²) >= 11 is 0. The predicted octanol–water partition coefficient (Wildman–Crippen LogP) is 2.71. The number of hydrogen-bond donors (Lipinski definition) is 1. The molecule has 0 aliphatic heterocycles. The van der Waals surface area contributed by atoms with Crippen LogP contribution in [0.4, 0.5) is 8.78 Å². The summed E-state index contributed by atoms with van der Waals surface area (Å²) < 4.78 is 30.0. The third-order valence-electron chi connectivity index (χ3n) is 4.32. The van der Waals surface area contributed by atoms with Crippen LogP contribution in [-0.4, -0.2) is 34.7 Å². The summed E-state index contributed by atoms with van der Waals surface area (Å²) in [5.41, 5.74) is -2.59. The molecule has 1 aromatic rings. The number of hydrogen-bond acceptors (Lipinski definition) is 6. The maximum atomic E-state index is 12.7. The summed E-state index contributed by atoms with van der Waals surface area (Å²) in [7, 11) is 1.12. The molecule has 8 heteroatoms. The summed E-state index contributed by atoms with van der Waals surface area (Å²) in [5.74, 6) is -2.96. The number of aromatic nitrogens is 1. The number of aliphatic hydroxyl groups is 1. The summed E-state index contributed by atoms with van der Waals surface area (Å²) in [4.78, 5) is 40.5. The van der Waals surface area contributed by atoms with Crippen LogP contribution in [0.15, 0.2) is 17.7 Å². The molecule has 1 fully saturated rings. The molecule has 1 N–H and O–H groups in total. The Balaban J connectivity index is 2.57. The zero-order chi connectivity index (χ0) is 18.9. The largest absolute Gasteiger partial charge is 0.506 e. The molecule has 6 nitrogen and oxygen atoms in total. The second kappa shape index (κ2) is 6.70. The van der Waals surface area contributed by atoms with Crippen molar-refractivity contribution in [2.24, 2.45) is 5.41 Å². The molecule has 1 saturated carbocycles. The Bertz CT molecular complexity index is 787. The van der Waals surface area contributed by atoms with E-state index in [1.807, 2.05) is 0 Å². The standard InChI is InChI=1S/C17H17F2NO5/c1-8-9(4-5-10(20-8)15(18)19)13(22)12-11(21)6-7-17(2,14(12)23)16(24)25-3/h4-5,15,22H,6-7H2,1-3H3/b13-12-. The minimum absolute atomic E-state index is 0.0183. The molecule has 134 valence electrons. The highest BCUT2D eigenvalue weighted by atomic mass is 19.3. The van der Waals surface area contributed by atoms with Gasteiger partial charge in [0.2, 0.25) is 0 Å². The van der Waals surface area contributed by atoms with E-state index in [9.17, 15) is 28.3 Å². The highest BCUT2D eigenvalue weighted by molar-refractivity contribution is 6.31. The van der Waals surface area contributed by atoms with E-state index in [1.54, 1.807) is 0 Å². The van der Waals surface area contributed by atoms with Crippen LogP contribution < -0.4 is 0 Å². The van der Waals surface area contributed by atoms with E-state index in [4.69, 9.17) is 0 Å². The monoisotopic (exact) mass is 353 g/mol. The number of ketones is 2. The van der Waals surface area contributed by atoms with Crippen LogP contribution in [-0.2, 0) is 19.1 Å². The van der Waals surface area contributed by atoms with Crippen LogP contribution in [0.25, 0.3) is 5.76 Å². The molecule has 1 atom stereocenters. The van der Waals surface area contributed by atoms with Crippen molar-refractivity contribution < 1.29 is 33.0 Å². The smallest absolute Gasteiger partial charge is 0.319 e. The van der Waals surface area contributed by atoms with Crippen LogP contribution in [0, 0.1) is 12.3 Å². The summed E-state index contributed by atoms with van der Waals surface area (Å²) in [6.45, 7) is 2.71. The molecule has 1 heterocycles. The molecule has 0 spiro atoms. The molecule has 1 unspecified atom stereocenters. The molecule has 2 rings (SSSR count). The minimum atomic E-state index is -2.79. The number of aryl methyl sites for hydroxylation is 1. The van der Waals surface area contributed by atoms with E-state index in [1.165, 1.54) is 13.8 Å². The Kier molecular flexibility index (Phi) is 5.01. The number of ether oxygens (including phenoxy) is 1. The third-order valence-corrected chi connectivity index (χ3v) is 4.32. The van der Waals surface area contributed by atoms with Crippen molar-refractivity contribution in [3.05, 3.63) is 34.7 Å². The molecular formula is C17H17F2NO5. The second-order valence-corrected chi connectivity index (χ2v) is 5.97. The van der Waals surface area contributed by atoms with Crippen molar-refractivity contribution >= 4 is 23.3 Å². The van der Waals surface area contributed by atoms with Gasteiger partial charge < -0.3 is 9.84 Å². The number of Topliss-reactive ketones (excluding diaryl/α,β-unsaturated/α-hetero) is 2. The Hall–Kier alpha value is -2.64. The van der Waals surface area contributed by atoms with Crippen molar-refractivity contribution in [2.75, 3.05) is 7.11 Å². The lowest BCUT2D eigenvalue weighted by atomic mass is 9.71. The molecule has 0 bridgehead atoms. The number of allylic oxidation sites excluding steroid dienone is 1. The Morgan fingerprint density at radius 3 is 2.52 bits per heavy atom. The molecule has 0 amide bonds. The van der Waals surface area contributed by atoms with E-state index < -0.39 is 46.4 Å². The fourth-order valence-corrected chi connectivity index (χ4v) is 2.75. The fourth-order valence-electron chi connectivity index (χ4n) is 2.75. The highest BCUT2D eigenvalue weighted by Crippen LogP contribution is 2.38. The summed E-state index contributed by atoms with van der Waals surface area (Å²) in [6.07, 6.45) is -2.95. The van der Waals surface area contributed by atoms with Gasteiger partial charge in [0.15, 0.2) is 11.6 Å². The number of methoxy groups -OCH3 is 1. The zero-order valence-electron chi connectivity index (χ0n) is 13.9. The normalized spacial score (nSPS) is 23.0. The van der Waals surface area contributed by atoms with E-state index in [2.05, 4.69) is 9.72 Å². The van der Waals surface area contributed by atoms with Gasteiger partial charge in [-0.15, -0.1) is 0 Å². The van der Waals surface area contributed by atoms with Gasteiger partial charge in [-0.25, -0.2) is 8.78 Å². The van der Waals surface area contributed by atoms with Gasteiger partial charge >= 0.3 is 5.97 Å². The molecule has 25 heavy (non-hydrogen) atoms. The van der Waals surface area contributed by atoms with Gasteiger partial charge in [0, 0.05) is 17.7 Å². The number of alkyl halides is 2. The van der Waals surface area contributed by atoms with Gasteiger partial charge in [0.1, 0.15) is 22.4 Å². The molecular weight excluding hydrogens is 336 g/mol. The van der Waals surface area contributed by atoms with E-state index in [0.29, 0.717) is 0 Å². The first-order valence-corrected chi connectivity index (χ1v) is 7.49. The van der Waals surface area contributed by atoms with Crippen molar-refractivity contribution in [1.82, 2.24) is 4.98 Å². The molecule has 0 saturated heterocycles. The number of aliphatic hydroxyl groups excluding tert-OH is 1. The first-order valence-electron chi connectivity index (χ1n) is 7.49. The van der Waals surface area contributed by atoms with Crippen molar-refractivity contribution in [3.8, 4) is 0 Å². The minimum Gasteiger partial charge on any atom is -0.506 e. The fraction of sp³-hybridized carbons (Fsp3) is 0.412. The molecule has 1 aromatic heterocycles. The van der Waals surface area contributed by atoms with Gasteiger partial charge in [-0.1, -0.05) is 0 Å². The van der Waals surface area contributed by atoms with Crippen molar-refractivity contribution in [3.63, 3.8) is 0 Å². The topological polar surface area (TPSA) is 93.6 Å². The average Bonchev–Trinajstić information content (AvgIpc) is 2.57. The first-order chi connectivity index (χ1) is 11.6. The van der Waals surface area contributed by atoms with E-state index in [-0.39, 0.29) is 24.1 Å². The SMILES string of the molecule is COC(=O)C1(C)CCC(=O)/C(=C(/O)c2ccc(C(F)F)nc2C)C1=O. The number of pyridine rings is 1. The van der Waals surface area contributed by atoms with Crippen molar-refractivity contribution in [1.29, 1.82) is 0 Å². The first kappa shape index (κ1) is 18.7. The van der Waals surface area contributed by atoms with Gasteiger partial charge in [0.05, 0.1) is 7.11 Å². The number of carbonyl (C=O) groups is 3. The van der Waals surface area contributed by atoms with Crippen LogP contribution in [0.5, 0.6) is 0 Å². The summed E-state index contributed by atoms with van der Waals surface area (Å²) in [5, 5.41) is 10.4. The number of esters is 1.